The van der Waals surface area contributed by atoms with Crippen LogP contribution in [-0.4, -0.2) is 24.3 Å². The fourth-order valence-electron chi connectivity index (χ4n) is 0.189. The fourth-order valence-corrected chi connectivity index (χ4v) is 0.189. The van der Waals surface area contributed by atoms with Crippen molar-refractivity contribution in [2.45, 2.75) is 6.92 Å². The predicted octanol–water partition coefficient (Wildman–Crippen LogP) is -0.458. The van der Waals surface area contributed by atoms with E-state index in [1.165, 1.54) is 6.92 Å². The molecule has 7 heavy (non-hydrogen) atoms. The highest BCUT2D eigenvalue weighted by atomic mass is 16.6. The Hall–Kier alpha value is -0.410. The van der Waals surface area contributed by atoms with Crippen LogP contribution in [0.4, 0.5) is 0 Å². The summed E-state index contributed by atoms with van der Waals surface area (Å²) in [6.07, 6.45) is 0. The molecule has 0 fully saturated rings. The van der Waals surface area contributed by atoms with Crippen molar-refractivity contribution >= 4 is 5.78 Å². The summed E-state index contributed by atoms with van der Waals surface area (Å²) in [6, 6.07) is 0. The number of aliphatic hydroxyl groups is 1. The van der Waals surface area contributed by atoms with Gasteiger partial charge in [-0.15, -0.1) is 0 Å². The molecule has 0 heterocycles. The summed E-state index contributed by atoms with van der Waals surface area (Å²) < 4.78 is 4.30. The van der Waals surface area contributed by atoms with Crippen LogP contribution in [0.3, 0.4) is 0 Å². The molecule has 1 N–H and O–H groups in total. The lowest BCUT2D eigenvalue weighted by Gasteiger charge is -1.90. The van der Waals surface area contributed by atoms with Gasteiger partial charge in [-0.25, -0.2) is 0 Å². The van der Waals surface area contributed by atoms with Gasteiger partial charge in [0.25, 0.3) is 0 Å². The first-order valence-electron chi connectivity index (χ1n) is 1.95. The van der Waals surface area contributed by atoms with E-state index in [4.69, 9.17) is 5.11 Å². The van der Waals surface area contributed by atoms with Crippen LogP contribution in [0.5, 0.6) is 0 Å². The van der Waals surface area contributed by atoms with Crippen molar-refractivity contribution in [1.82, 2.24) is 0 Å². The summed E-state index contributed by atoms with van der Waals surface area (Å²) in [4.78, 5) is 9.97. The Morgan fingerprint density at radius 2 is 2.43 bits per heavy atom. The highest BCUT2D eigenvalue weighted by Gasteiger charge is 1.87. The van der Waals surface area contributed by atoms with Crippen LogP contribution >= 0.6 is 0 Å². The van der Waals surface area contributed by atoms with E-state index >= 15 is 0 Å². The molecule has 3 heteroatoms. The summed E-state index contributed by atoms with van der Waals surface area (Å²) in [7, 11) is 0. The SMILES string of the molecule is CC(=O)COCO. The summed E-state index contributed by atoms with van der Waals surface area (Å²) in [5.41, 5.74) is 0. The standard InChI is InChI=1S/C4H8O3/c1-4(6)2-7-3-5/h5H,2-3H2,1H3. The van der Waals surface area contributed by atoms with Crippen molar-refractivity contribution < 1.29 is 14.6 Å². The zero-order chi connectivity index (χ0) is 5.70. The van der Waals surface area contributed by atoms with Crippen LogP contribution in [0.1, 0.15) is 6.92 Å². The van der Waals surface area contributed by atoms with Crippen molar-refractivity contribution in [3.63, 3.8) is 0 Å². The lowest BCUT2D eigenvalue weighted by atomic mass is 10.5. The Kier molecular flexibility index (Phi) is 3.55. The first kappa shape index (κ1) is 6.59. The van der Waals surface area contributed by atoms with Gasteiger partial charge in [-0.3, -0.25) is 4.79 Å². The number of carbonyl (C=O) groups is 1. The van der Waals surface area contributed by atoms with Gasteiger partial charge in [-0.1, -0.05) is 0 Å². The van der Waals surface area contributed by atoms with Gasteiger partial charge >= 0.3 is 0 Å². The van der Waals surface area contributed by atoms with Crippen LogP contribution in [0.25, 0.3) is 0 Å². The number of rotatable bonds is 3. The van der Waals surface area contributed by atoms with Gasteiger partial charge in [0.15, 0.2) is 5.78 Å². The van der Waals surface area contributed by atoms with E-state index in [2.05, 4.69) is 4.74 Å². The molecule has 0 saturated carbocycles. The minimum atomic E-state index is -0.375. The number of hydrogen-bond acceptors (Lipinski definition) is 3. The summed E-state index contributed by atoms with van der Waals surface area (Å²) >= 11 is 0. The molecule has 0 radical (unpaired) electrons. The van der Waals surface area contributed by atoms with Crippen molar-refractivity contribution in [2.24, 2.45) is 0 Å². The maximum Gasteiger partial charge on any atom is 0.155 e. The quantitative estimate of drug-likeness (QED) is 0.493. The number of ketones is 1. The minimum Gasteiger partial charge on any atom is -0.371 e. The second-order valence-corrected chi connectivity index (χ2v) is 1.18. The number of Topliss-reactive ketones (excluding diaryl/α,β-unsaturated/α-hetero) is 1. The van der Waals surface area contributed by atoms with Gasteiger partial charge in [-0.05, 0) is 6.92 Å². The third kappa shape index (κ3) is 5.59. The van der Waals surface area contributed by atoms with Crippen LogP contribution in [-0.2, 0) is 9.53 Å². The Labute approximate surface area is 41.9 Å². The molecule has 0 aromatic rings. The van der Waals surface area contributed by atoms with Crippen LogP contribution in [0.15, 0.2) is 0 Å². The number of aliphatic hydroxyl groups excluding tert-OH is 1. The second-order valence-electron chi connectivity index (χ2n) is 1.18. The molecule has 0 aliphatic rings. The Morgan fingerprint density at radius 1 is 1.86 bits per heavy atom. The third-order valence-corrected chi connectivity index (χ3v) is 0.397. The smallest absolute Gasteiger partial charge is 0.155 e. The van der Waals surface area contributed by atoms with Crippen LogP contribution in [0, 0.1) is 0 Å². The first-order chi connectivity index (χ1) is 3.27. The molecule has 0 atom stereocenters. The summed E-state index contributed by atoms with van der Waals surface area (Å²) in [5.74, 6) is -0.0750. The molecule has 0 unspecified atom stereocenters. The molecule has 0 rings (SSSR count). The van der Waals surface area contributed by atoms with Gasteiger partial charge in [0.1, 0.15) is 13.4 Å². The van der Waals surface area contributed by atoms with Gasteiger partial charge in [0.05, 0.1) is 0 Å². The summed E-state index contributed by atoms with van der Waals surface area (Å²) in [6.45, 7) is 1.03. The van der Waals surface area contributed by atoms with E-state index in [1.54, 1.807) is 0 Å². The monoisotopic (exact) mass is 104 g/mol. The number of carbonyl (C=O) groups excluding carboxylic acids is 1. The molecule has 0 aliphatic heterocycles. The molecule has 0 aromatic heterocycles. The highest BCUT2D eigenvalue weighted by molar-refractivity contribution is 5.76. The highest BCUT2D eigenvalue weighted by Crippen LogP contribution is 1.70. The minimum absolute atomic E-state index is 0.0104. The third-order valence-electron chi connectivity index (χ3n) is 0.397. The van der Waals surface area contributed by atoms with E-state index in [0.29, 0.717) is 0 Å². The molecule has 0 aliphatic carbocycles. The molecule has 0 amide bonds. The molecule has 0 aromatic carbocycles. The van der Waals surface area contributed by atoms with Crippen LogP contribution < -0.4 is 0 Å². The lowest BCUT2D eigenvalue weighted by Crippen LogP contribution is -2.03. The molecular weight excluding hydrogens is 96.0 g/mol. The van der Waals surface area contributed by atoms with Crippen molar-refractivity contribution in [3.05, 3.63) is 0 Å². The number of ether oxygens (including phenoxy) is 1. The zero-order valence-corrected chi connectivity index (χ0v) is 4.18. The average Bonchev–Trinajstić information content (AvgIpc) is 1.61. The van der Waals surface area contributed by atoms with Gasteiger partial charge in [0, 0.05) is 0 Å². The van der Waals surface area contributed by atoms with E-state index in [-0.39, 0.29) is 19.2 Å². The van der Waals surface area contributed by atoms with Gasteiger partial charge in [-0.2, -0.15) is 0 Å². The largest absolute Gasteiger partial charge is 0.371 e. The normalized spacial score (nSPS) is 8.86. The van der Waals surface area contributed by atoms with E-state index in [9.17, 15) is 4.79 Å². The Morgan fingerprint density at radius 3 is 2.57 bits per heavy atom. The Balaban J connectivity index is 2.82. The Bertz CT molecular complexity index is 60.0. The molecule has 42 valence electrons. The average molecular weight is 104 g/mol. The van der Waals surface area contributed by atoms with E-state index in [1.807, 2.05) is 0 Å². The van der Waals surface area contributed by atoms with Crippen LogP contribution in [0.2, 0.25) is 0 Å². The first-order valence-corrected chi connectivity index (χ1v) is 1.95. The van der Waals surface area contributed by atoms with Gasteiger partial charge < -0.3 is 9.84 Å². The maximum atomic E-state index is 9.97. The van der Waals surface area contributed by atoms with E-state index < -0.39 is 0 Å². The molecule has 0 bridgehead atoms. The topological polar surface area (TPSA) is 46.5 Å². The van der Waals surface area contributed by atoms with Crippen molar-refractivity contribution in [3.8, 4) is 0 Å². The number of hydrogen-bond donors (Lipinski definition) is 1. The second kappa shape index (κ2) is 3.77. The lowest BCUT2D eigenvalue weighted by molar-refractivity contribution is -0.124. The van der Waals surface area contributed by atoms with Gasteiger partial charge in [0.2, 0.25) is 0 Å². The summed E-state index contributed by atoms with van der Waals surface area (Å²) in [5, 5.41) is 7.94. The van der Waals surface area contributed by atoms with E-state index in [0.717, 1.165) is 0 Å². The maximum absolute atomic E-state index is 9.97. The molecule has 3 nitrogen and oxygen atoms in total. The molecule has 0 spiro atoms. The predicted molar refractivity (Wildman–Crippen MR) is 23.7 cm³/mol. The molecular formula is C4H8O3. The fraction of sp³-hybridized carbons (Fsp3) is 0.750. The zero-order valence-electron chi connectivity index (χ0n) is 4.18. The van der Waals surface area contributed by atoms with Crippen molar-refractivity contribution in [1.29, 1.82) is 0 Å². The molecule has 0 saturated heterocycles. The van der Waals surface area contributed by atoms with Crippen molar-refractivity contribution in [2.75, 3.05) is 13.4 Å².